The Morgan fingerprint density at radius 2 is 0.530 bits per heavy atom. The maximum Gasteiger partial charge on any atom is -0.147 e. The van der Waals surface area contributed by atoms with Gasteiger partial charge in [-0.05, 0) is 70.2 Å². The van der Waals surface area contributed by atoms with Crippen LogP contribution in [-0.4, -0.2) is 11.0 Å². The minimum atomic E-state index is 0. The molecule has 0 unspecified atom stereocenters. The summed E-state index contributed by atoms with van der Waals surface area (Å²) >= 11 is 2.90. The Morgan fingerprint density at radius 3 is 0.667 bits per heavy atom. The minimum Gasteiger partial charge on any atom is -0.147 e. The second-order valence-corrected chi connectivity index (χ2v) is 42.4. The zero-order chi connectivity index (χ0) is 47.0. The Bertz CT molecular complexity index is 2120. The molecule has 8 rings (SSSR count). The van der Waals surface area contributed by atoms with E-state index >= 15 is 0 Å². The van der Waals surface area contributed by atoms with E-state index in [-0.39, 0.29) is 35.8 Å². The molecule has 0 fully saturated rings. The molecular weight excluding hydrogens is 1200 g/mol. The molecule has 0 bridgehead atoms. The van der Waals surface area contributed by atoms with Crippen molar-refractivity contribution in [3.05, 3.63) is 212 Å². The van der Waals surface area contributed by atoms with Gasteiger partial charge in [-0.15, -0.1) is 72.8 Å². The molecule has 0 atom stereocenters. The summed E-state index contributed by atoms with van der Waals surface area (Å²) in [6.45, 7) is 26.6. The van der Waals surface area contributed by atoms with E-state index in [2.05, 4.69) is 227 Å². The number of hydrogen-bond donors (Lipinski definition) is 0. The van der Waals surface area contributed by atoms with Crippen LogP contribution in [0.2, 0.25) is 26.2 Å². The standard InChI is InChI=1S/4C14H15.2C2H6Si.2ClH.2Hf/c4*1-3-12-6-4-5-7-14(12)13-9-8-11(2)10-13;2*1-3-2;;;;/h4*4-7,10H,3,9H2,1-2H3;2*1-2H3;2*1H;;/q4*-1;;;;;2*+2. The second-order valence-electron chi connectivity index (χ2n) is 16.9. The van der Waals surface area contributed by atoms with Crippen LogP contribution in [0.25, 0.3) is 22.3 Å². The number of rotatable bonds is 8. The van der Waals surface area contributed by atoms with Crippen molar-refractivity contribution in [3.8, 4) is 0 Å². The molecule has 344 valence electrons. The van der Waals surface area contributed by atoms with Crippen molar-refractivity contribution in [3.63, 3.8) is 0 Å². The summed E-state index contributed by atoms with van der Waals surface area (Å²) in [5.41, 5.74) is 22.6. The summed E-state index contributed by atoms with van der Waals surface area (Å²) < 4.78 is 0. The average molecular weight is 1280 g/mol. The first-order chi connectivity index (χ1) is 30.7. The quantitative estimate of drug-likeness (QED) is 0.122. The topological polar surface area (TPSA) is 0 Å². The second kappa shape index (κ2) is 33.9. The Hall–Kier alpha value is -2.45. The molecule has 0 radical (unpaired) electrons. The van der Waals surface area contributed by atoms with Crippen LogP contribution in [0.1, 0.15) is 126 Å². The summed E-state index contributed by atoms with van der Waals surface area (Å²) in [6, 6.07) is 34.6. The van der Waals surface area contributed by atoms with Gasteiger partial charge >= 0.3 is 83.2 Å². The minimum absolute atomic E-state index is 0. The van der Waals surface area contributed by atoms with Crippen LogP contribution in [0, 0.1) is 24.3 Å². The molecule has 0 saturated carbocycles. The summed E-state index contributed by atoms with van der Waals surface area (Å²) in [7, 11) is 0. The molecular formula is C60H74Cl2Hf2Si2. The van der Waals surface area contributed by atoms with E-state index in [4.69, 9.17) is 0 Å². The Morgan fingerprint density at radius 1 is 0.364 bits per heavy atom. The third-order valence-corrected chi connectivity index (χ3v) is 10.8. The maximum absolute atomic E-state index is 3.34. The molecule has 66 heavy (non-hydrogen) atoms. The van der Waals surface area contributed by atoms with Gasteiger partial charge in [-0.1, -0.05) is 152 Å². The Balaban J connectivity index is 0.000000413. The van der Waals surface area contributed by atoms with Crippen molar-refractivity contribution in [2.45, 2.75) is 133 Å². The first-order valence-electron chi connectivity index (χ1n) is 23.2. The summed E-state index contributed by atoms with van der Waals surface area (Å²) in [5, 5.41) is 0. The molecule has 0 aliphatic heterocycles. The van der Waals surface area contributed by atoms with Gasteiger partial charge in [0, 0.05) is 0 Å². The van der Waals surface area contributed by atoms with Crippen LogP contribution in [0.5, 0.6) is 0 Å². The summed E-state index contributed by atoms with van der Waals surface area (Å²) in [6.07, 6.45) is 30.7. The molecule has 4 aliphatic carbocycles. The first kappa shape index (κ1) is 61.6. The van der Waals surface area contributed by atoms with E-state index in [9.17, 15) is 0 Å². The number of hydrogen-bond acceptors (Lipinski definition) is 0. The molecule has 4 aromatic rings. The van der Waals surface area contributed by atoms with Gasteiger partial charge in [0.15, 0.2) is 0 Å². The molecule has 0 amide bonds. The molecule has 6 heteroatoms. The van der Waals surface area contributed by atoms with Crippen molar-refractivity contribution in [1.82, 2.24) is 0 Å². The number of aryl methyl sites for hydroxylation is 4. The van der Waals surface area contributed by atoms with Crippen LogP contribution in [0.15, 0.2) is 144 Å². The zero-order valence-corrected chi connectivity index (χ0v) is 52.8. The van der Waals surface area contributed by atoms with E-state index in [1.807, 2.05) is 0 Å². The van der Waals surface area contributed by atoms with E-state index in [0.29, 0.717) is 0 Å². The smallest absolute Gasteiger partial charge is 0.147 e. The predicted octanol–water partition coefficient (Wildman–Crippen LogP) is 17.6. The number of allylic oxidation sites excluding steroid dienone is 16. The van der Waals surface area contributed by atoms with Gasteiger partial charge in [-0.25, -0.2) is 46.6 Å². The molecule has 0 nitrogen and oxygen atoms in total. The van der Waals surface area contributed by atoms with Crippen molar-refractivity contribution in [1.29, 1.82) is 0 Å². The zero-order valence-electron chi connectivity index (χ0n) is 42.0. The van der Waals surface area contributed by atoms with Crippen LogP contribution in [0.4, 0.5) is 0 Å². The van der Waals surface area contributed by atoms with Gasteiger partial charge < -0.3 is 0 Å². The molecule has 0 heterocycles. The van der Waals surface area contributed by atoms with Gasteiger partial charge in [0.2, 0.25) is 0 Å². The van der Waals surface area contributed by atoms with Crippen molar-refractivity contribution >= 4 is 58.1 Å². The fourth-order valence-electron chi connectivity index (χ4n) is 7.65. The van der Waals surface area contributed by atoms with Gasteiger partial charge in [-0.2, -0.15) is 0 Å². The van der Waals surface area contributed by atoms with E-state index in [1.165, 1.54) is 135 Å². The van der Waals surface area contributed by atoms with E-state index < -0.39 is 0 Å². The molecule has 4 aliphatic rings. The average Bonchev–Trinajstić information content (AvgIpc) is 4.13. The van der Waals surface area contributed by atoms with Crippen LogP contribution >= 0.6 is 24.8 Å². The molecule has 0 saturated heterocycles. The van der Waals surface area contributed by atoms with E-state index in [1.54, 1.807) is 0 Å². The van der Waals surface area contributed by atoms with Gasteiger partial charge in [-0.3, -0.25) is 24.3 Å². The summed E-state index contributed by atoms with van der Waals surface area (Å²) in [5.74, 6) is 0. The SMILES string of the molecule is CCc1ccccc1C1=CC(C)=[C-]C1.CCc1ccccc1C1=CC(C)=[C-]C1.CCc1ccccc1C1=CC(C)=[C-]C1.CCc1ccccc1C1=CC(C)=[C-]C1.C[Si](C)=[Hf+2].C[Si](C)=[Hf+2].Cl.Cl. The molecule has 0 aromatic heterocycles. The fourth-order valence-corrected chi connectivity index (χ4v) is 7.65. The Kier molecular flexibility index (Phi) is 31.7. The largest absolute Gasteiger partial charge is 0.147 e. The van der Waals surface area contributed by atoms with Crippen molar-refractivity contribution in [2.24, 2.45) is 0 Å². The number of benzene rings is 4. The normalized spacial score (nSPS) is 13.8. The van der Waals surface area contributed by atoms with E-state index in [0.717, 1.165) is 51.4 Å². The molecule has 4 aromatic carbocycles. The fraction of sp³-hybridized carbons (Fsp3) is 0.333. The van der Waals surface area contributed by atoms with Gasteiger partial charge in [0.05, 0.1) is 0 Å². The summed E-state index contributed by atoms with van der Waals surface area (Å²) in [4.78, 5) is 0. The van der Waals surface area contributed by atoms with Gasteiger partial charge in [0.25, 0.3) is 0 Å². The van der Waals surface area contributed by atoms with Crippen LogP contribution in [-0.2, 0) is 71.7 Å². The van der Waals surface area contributed by atoms with Crippen molar-refractivity contribution < 1.29 is 46.0 Å². The third-order valence-electron chi connectivity index (χ3n) is 10.8. The Labute approximate surface area is 445 Å². The predicted molar refractivity (Wildman–Crippen MR) is 293 cm³/mol. The maximum atomic E-state index is 3.34. The first-order valence-corrected chi connectivity index (χ1v) is 39.0. The van der Waals surface area contributed by atoms with Crippen LogP contribution < -0.4 is 0 Å². The number of halogens is 2. The molecule has 0 spiro atoms. The van der Waals surface area contributed by atoms with Gasteiger partial charge in [0.1, 0.15) is 0 Å². The van der Waals surface area contributed by atoms with Crippen LogP contribution in [0.3, 0.4) is 0 Å². The monoisotopic (exact) mass is 1280 g/mol. The third kappa shape index (κ3) is 21.9. The van der Waals surface area contributed by atoms with Crippen molar-refractivity contribution in [2.75, 3.05) is 0 Å². The molecule has 0 N–H and O–H groups in total.